The van der Waals surface area contributed by atoms with Gasteiger partial charge in [-0.1, -0.05) is 91.0 Å². The van der Waals surface area contributed by atoms with E-state index in [2.05, 4.69) is 163 Å². The second kappa shape index (κ2) is 10.3. The van der Waals surface area contributed by atoms with E-state index < -0.39 is 0 Å². The summed E-state index contributed by atoms with van der Waals surface area (Å²) in [5.74, 6) is 0. The van der Waals surface area contributed by atoms with Gasteiger partial charge >= 0.3 is 0 Å². The normalized spacial score (nSPS) is 11.8. The van der Waals surface area contributed by atoms with Gasteiger partial charge in [-0.15, -0.1) is 11.3 Å². The smallest absolute Gasteiger partial charge is 0.143 e. The van der Waals surface area contributed by atoms with E-state index in [9.17, 15) is 0 Å². The molecular formula is C44H27NOS. The lowest BCUT2D eigenvalue weighted by atomic mass is 9.91. The van der Waals surface area contributed by atoms with Crippen LogP contribution in [0.25, 0.3) is 74.8 Å². The van der Waals surface area contributed by atoms with Crippen LogP contribution < -0.4 is 4.90 Å². The van der Waals surface area contributed by atoms with Crippen molar-refractivity contribution in [1.29, 1.82) is 0 Å². The summed E-state index contributed by atoms with van der Waals surface area (Å²) in [6.07, 6.45) is 0. The number of rotatable bonds is 4. The third kappa shape index (κ3) is 4.10. The monoisotopic (exact) mass is 617 g/mol. The van der Waals surface area contributed by atoms with Gasteiger partial charge in [0.05, 0.1) is 0 Å². The van der Waals surface area contributed by atoms with Crippen LogP contribution in [-0.2, 0) is 0 Å². The molecule has 47 heavy (non-hydrogen) atoms. The van der Waals surface area contributed by atoms with Crippen LogP contribution in [0, 0.1) is 0 Å². The predicted molar refractivity (Wildman–Crippen MR) is 202 cm³/mol. The zero-order valence-electron chi connectivity index (χ0n) is 25.4. The van der Waals surface area contributed by atoms with Gasteiger partial charge in [0.25, 0.3) is 0 Å². The molecule has 8 aromatic carbocycles. The Morgan fingerprint density at radius 3 is 1.83 bits per heavy atom. The SMILES string of the molecule is c1ccc(N(c2ccccc2)c2ccc(-c3cc4cc5sc6ccccc6c5cc4c4c3ccc3c5ccccc5oc34)cc2)cc1. The van der Waals surface area contributed by atoms with Gasteiger partial charge in [0, 0.05) is 53.4 Å². The minimum absolute atomic E-state index is 0.918. The predicted octanol–water partition coefficient (Wildman–Crippen LogP) is 13.4. The Hall–Kier alpha value is -5.90. The zero-order valence-corrected chi connectivity index (χ0v) is 26.2. The maximum atomic E-state index is 6.69. The van der Waals surface area contributed by atoms with Gasteiger partial charge in [-0.05, 0) is 100 Å². The van der Waals surface area contributed by atoms with Gasteiger partial charge in [-0.2, -0.15) is 0 Å². The molecule has 0 aliphatic rings. The summed E-state index contributed by atoms with van der Waals surface area (Å²) < 4.78 is 9.31. The zero-order chi connectivity index (χ0) is 30.9. The number of fused-ring (bicyclic) bond motifs is 10. The van der Waals surface area contributed by atoms with Gasteiger partial charge in [0.1, 0.15) is 11.2 Å². The Labute approximate surface area is 275 Å². The summed E-state index contributed by atoms with van der Waals surface area (Å²) in [5.41, 5.74) is 7.61. The Bertz CT molecular complexity index is 2740. The maximum absolute atomic E-state index is 6.69. The third-order valence-electron chi connectivity index (χ3n) is 9.42. The highest BCUT2D eigenvalue weighted by atomic mass is 32.1. The fraction of sp³-hybridized carbons (Fsp3) is 0. The Morgan fingerprint density at radius 1 is 0.426 bits per heavy atom. The molecule has 0 fully saturated rings. The molecule has 0 aliphatic heterocycles. The molecule has 10 rings (SSSR count). The van der Waals surface area contributed by atoms with E-state index in [1.807, 2.05) is 17.4 Å². The molecule has 2 nitrogen and oxygen atoms in total. The average Bonchev–Trinajstić information content (AvgIpc) is 3.70. The highest BCUT2D eigenvalue weighted by Gasteiger charge is 2.19. The molecule has 2 aromatic heterocycles. The molecule has 0 saturated carbocycles. The first-order chi connectivity index (χ1) is 23.3. The minimum Gasteiger partial charge on any atom is -0.455 e. The summed E-state index contributed by atoms with van der Waals surface area (Å²) in [7, 11) is 0. The maximum Gasteiger partial charge on any atom is 0.143 e. The van der Waals surface area contributed by atoms with Crippen molar-refractivity contribution in [3.63, 3.8) is 0 Å². The highest BCUT2D eigenvalue weighted by Crippen LogP contribution is 2.45. The van der Waals surface area contributed by atoms with Crippen LogP contribution in [0.3, 0.4) is 0 Å². The number of anilines is 3. The van der Waals surface area contributed by atoms with E-state index in [-0.39, 0.29) is 0 Å². The molecule has 3 heteroatoms. The molecule has 0 spiro atoms. The fourth-order valence-electron chi connectivity index (χ4n) is 7.27. The topological polar surface area (TPSA) is 16.4 Å². The van der Waals surface area contributed by atoms with Crippen LogP contribution in [0.2, 0.25) is 0 Å². The van der Waals surface area contributed by atoms with E-state index in [1.54, 1.807) is 0 Å². The summed E-state index contributed by atoms with van der Waals surface area (Å²) >= 11 is 1.86. The first kappa shape index (κ1) is 26.3. The molecule has 0 N–H and O–H groups in total. The molecule has 0 bridgehead atoms. The number of benzene rings is 8. The van der Waals surface area contributed by atoms with Crippen LogP contribution in [0.5, 0.6) is 0 Å². The van der Waals surface area contributed by atoms with E-state index in [0.717, 1.165) is 39.0 Å². The minimum atomic E-state index is 0.918. The standard InChI is InChI=1S/C44H27NOS/c1-3-11-30(12-4-1)45(31-13-5-2-6-14-31)32-21-19-28(20-22-32)37-25-29-26-42-39(34-16-8-10-18-41(34)47-42)27-38(29)43-35(37)23-24-36-33-15-7-9-17-40(33)46-44(36)43/h1-27H. The van der Waals surface area contributed by atoms with Crippen molar-refractivity contribution in [2.24, 2.45) is 0 Å². The van der Waals surface area contributed by atoms with Crippen molar-refractivity contribution in [3.05, 3.63) is 164 Å². The number of para-hydroxylation sites is 3. The average molecular weight is 618 g/mol. The molecule has 0 aliphatic carbocycles. The first-order valence-electron chi connectivity index (χ1n) is 15.9. The fourth-order valence-corrected chi connectivity index (χ4v) is 8.40. The summed E-state index contributed by atoms with van der Waals surface area (Å²) in [6.45, 7) is 0. The molecule has 220 valence electrons. The van der Waals surface area contributed by atoms with Crippen molar-refractivity contribution in [2.45, 2.75) is 0 Å². The number of furan rings is 1. The van der Waals surface area contributed by atoms with Gasteiger partial charge in [0.2, 0.25) is 0 Å². The van der Waals surface area contributed by atoms with Crippen LogP contribution >= 0.6 is 11.3 Å². The number of hydrogen-bond donors (Lipinski definition) is 0. The summed E-state index contributed by atoms with van der Waals surface area (Å²) in [5, 5.41) is 9.71. The van der Waals surface area contributed by atoms with E-state index in [0.29, 0.717) is 0 Å². The van der Waals surface area contributed by atoms with Crippen LogP contribution in [0.1, 0.15) is 0 Å². The molecule has 0 radical (unpaired) electrons. The van der Waals surface area contributed by atoms with Crippen LogP contribution in [-0.4, -0.2) is 0 Å². The molecule has 10 aromatic rings. The van der Waals surface area contributed by atoms with E-state index in [1.165, 1.54) is 52.8 Å². The largest absolute Gasteiger partial charge is 0.455 e. The second-order valence-electron chi connectivity index (χ2n) is 12.1. The van der Waals surface area contributed by atoms with Crippen LogP contribution in [0.15, 0.2) is 168 Å². The van der Waals surface area contributed by atoms with Gasteiger partial charge in [0.15, 0.2) is 0 Å². The van der Waals surface area contributed by atoms with Gasteiger partial charge in [-0.25, -0.2) is 0 Å². The van der Waals surface area contributed by atoms with Crippen molar-refractivity contribution >= 4 is 92.1 Å². The lowest BCUT2D eigenvalue weighted by Crippen LogP contribution is -2.09. The molecule has 0 saturated heterocycles. The van der Waals surface area contributed by atoms with E-state index >= 15 is 0 Å². The number of nitrogens with zero attached hydrogens (tertiary/aromatic N) is 1. The Kier molecular flexibility index (Phi) is 5.78. The molecular weight excluding hydrogens is 591 g/mol. The Balaban J connectivity index is 1.23. The quantitative estimate of drug-likeness (QED) is 0.183. The van der Waals surface area contributed by atoms with Crippen molar-refractivity contribution in [3.8, 4) is 11.1 Å². The Morgan fingerprint density at radius 2 is 1.06 bits per heavy atom. The molecule has 2 heterocycles. The second-order valence-corrected chi connectivity index (χ2v) is 13.2. The van der Waals surface area contributed by atoms with Crippen LogP contribution in [0.4, 0.5) is 17.1 Å². The summed E-state index contributed by atoms with van der Waals surface area (Å²) in [4.78, 5) is 2.30. The van der Waals surface area contributed by atoms with Gasteiger partial charge < -0.3 is 9.32 Å². The molecule has 0 amide bonds. The lowest BCUT2D eigenvalue weighted by Gasteiger charge is -2.25. The first-order valence-corrected chi connectivity index (χ1v) is 16.7. The van der Waals surface area contributed by atoms with E-state index in [4.69, 9.17) is 4.42 Å². The highest BCUT2D eigenvalue weighted by molar-refractivity contribution is 7.25. The van der Waals surface area contributed by atoms with Crippen molar-refractivity contribution in [1.82, 2.24) is 0 Å². The van der Waals surface area contributed by atoms with Crippen molar-refractivity contribution < 1.29 is 4.42 Å². The lowest BCUT2D eigenvalue weighted by molar-refractivity contribution is 0.673. The molecule has 0 unspecified atom stereocenters. The number of thiophene rings is 1. The van der Waals surface area contributed by atoms with Gasteiger partial charge in [-0.3, -0.25) is 0 Å². The third-order valence-corrected chi connectivity index (χ3v) is 10.6. The summed E-state index contributed by atoms with van der Waals surface area (Å²) in [6, 6.07) is 58.9. The molecule has 0 atom stereocenters. The number of hydrogen-bond acceptors (Lipinski definition) is 3. The van der Waals surface area contributed by atoms with Crippen molar-refractivity contribution in [2.75, 3.05) is 4.90 Å².